The second kappa shape index (κ2) is 7.35. The number of hydrogen-bond acceptors (Lipinski definition) is 1. The molecule has 0 spiro atoms. The molecule has 3 aromatic carbocycles. The van der Waals surface area contributed by atoms with Crippen LogP contribution in [0.25, 0.3) is 0 Å². The summed E-state index contributed by atoms with van der Waals surface area (Å²) in [6.07, 6.45) is 0.703. The molecule has 1 N–H and O–H groups in total. The lowest BCUT2D eigenvalue weighted by atomic mass is 10.2. The van der Waals surface area contributed by atoms with Gasteiger partial charge in [0.15, 0.2) is 0 Å². The second-order valence-electron chi connectivity index (χ2n) is 5.11. The summed E-state index contributed by atoms with van der Waals surface area (Å²) in [5.74, 6) is 0. The monoisotopic (exact) mass is 306 g/mol. The van der Waals surface area contributed by atoms with Gasteiger partial charge < -0.3 is 5.11 Å². The van der Waals surface area contributed by atoms with Crippen LogP contribution >= 0.6 is 7.92 Å². The van der Waals surface area contributed by atoms with E-state index in [4.69, 9.17) is 0 Å². The molecule has 2 heteroatoms. The Morgan fingerprint density at radius 3 is 1.68 bits per heavy atom. The Morgan fingerprint density at radius 1 is 0.636 bits per heavy atom. The third kappa shape index (κ3) is 3.27. The highest BCUT2D eigenvalue weighted by atomic mass is 31.1. The summed E-state index contributed by atoms with van der Waals surface area (Å²) in [5.41, 5.74) is 1.24. The number of benzene rings is 3. The molecule has 0 unspecified atom stereocenters. The van der Waals surface area contributed by atoms with E-state index >= 15 is 0 Å². The molecule has 0 saturated carbocycles. The molecular weight excluding hydrogens is 287 g/mol. The van der Waals surface area contributed by atoms with E-state index in [0.29, 0.717) is 6.42 Å². The van der Waals surface area contributed by atoms with E-state index in [1.165, 1.54) is 21.5 Å². The Morgan fingerprint density at radius 2 is 1.14 bits per heavy atom. The maximum Gasteiger partial charge on any atom is 0.0471 e. The highest BCUT2D eigenvalue weighted by Crippen LogP contribution is 2.33. The van der Waals surface area contributed by atoms with Crippen molar-refractivity contribution < 1.29 is 5.11 Å². The van der Waals surface area contributed by atoms with Crippen molar-refractivity contribution >= 4 is 23.8 Å². The van der Waals surface area contributed by atoms with Crippen molar-refractivity contribution in [3.8, 4) is 0 Å². The standard InChI is InChI=1S/C20H19OP/c21-16-15-17-9-7-8-14-20(17)22(18-10-3-1-4-11-18)19-12-5-2-6-13-19/h1-14,21H,15-16H2. The SMILES string of the molecule is OCCc1ccccc1P(c1ccccc1)c1ccccc1. The fourth-order valence-corrected chi connectivity index (χ4v) is 5.15. The molecule has 0 bridgehead atoms. The van der Waals surface area contributed by atoms with Crippen molar-refractivity contribution in [2.45, 2.75) is 6.42 Å². The van der Waals surface area contributed by atoms with E-state index in [-0.39, 0.29) is 6.61 Å². The lowest BCUT2D eigenvalue weighted by Gasteiger charge is -2.22. The van der Waals surface area contributed by atoms with Gasteiger partial charge in [0, 0.05) is 6.61 Å². The van der Waals surface area contributed by atoms with Crippen molar-refractivity contribution in [3.05, 3.63) is 90.5 Å². The van der Waals surface area contributed by atoms with Gasteiger partial charge in [-0.3, -0.25) is 0 Å². The Kier molecular flexibility index (Phi) is 5.00. The summed E-state index contributed by atoms with van der Waals surface area (Å²) >= 11 is 0. The van der Waals surface area contributed by atoms with Crippen LogP contribution in [0.4, 0.5) is 0 Å². The summed E-state index contributed by atoms with van der Waals surface area (Å²) in [4.78, 5) is 0. The molecule has 0 saturated heterocycles. The number of rotatable bonds is 5. The Balaban J connectivity index is 2.15. The fraction of sp³-hybridized carbons (Fsp3) is 0.100. The molecule has 0 heterocycles. The molecular formula is C20H19OP. The lowest BCUT2D eigenvalue weighted by Crippen LogP contribution is -2.23. The molecule has 0 aliphatic carbocycles. The molecule has 0 radical (unpaired) electrons. The minimum Gasteiger partial charge on any atom is -0.396 e. The van der Waals surface area contributed by atoms with Crippen LogP contribution in [0.5, 0.6) is 0 Å². The zero-order chi connectivity index (χ0) is 15.2. The van der Waals surface area contributed by atoms with Gasteiger partial charge in [0.05, 0.1) is 0 Å². The first-order chi connectivity index (χ1) is 10.9. The Bertz CT molecular complexity index is 671. The van der Waals surface area contributed by atoms with E-state index in [2.05, 4.69) is 84.9 Å². The molecule has 1 nitrogen and oxygen atoms in total. The average Bonchev–Trinajstić information content (AvgIpc) is 2.59. The van der Waals surface area contributed by atoms with Crippen LogP contribution in [0.3, 0.4) is 0 Å². The van der Waals surface area contributed by atoms with Crippen molar-refractivity contribution in [1.82, 2.24) is 0 Å². The highest BCUT2D eigenvalue weighted by molar-refractivity contribution is 7.79. The number of aliphatic hydroxyl groups excluding tert-OH is 1. The molecule has 0 atom stereocenters. The first-order valence-corrected chi connectivity index (χ1v) is 8.83. The summed E-state index contributed by atoms with van der Waals surface area (Å²) in [6.45, 7) is 0.184. The van der Waals surface area contributed by atoms with Crippen molar-refractivity contribution in [2.24, 2.45) is 0 Å². The quantitative estimate of drug-likeness (QED) is 0.719. The minimum absolute atomic E-state index is 0.184. The maximum atomic E-state index is 9.37. The van der Waals surface area contributed by atoms with Gasteiger partial charge in [-0.2, -0.15) is 0 Å². The fourth-order valence-electron chi connectivity index (χ4n) is 2.64. The molecule has 3 rings (SSSR count). The largest absolute Gasteiger partial charge is 0.396 e. The zero-order valence-electron chi connectivity index (χ0n) is 12.4. The average molecular weight is 306 g/mol. The van der Waals surface area contributed by atoms with Gasteiger partial charge in [-0.1, -0.05) is 84.9 Å². The van der Waals surface area contributed by atoms with Crippen LogP contribution in [-0.2, 0) is 6.42 Å². The first-order valence-electron chi connectivity index (χ1n) is 7.49. The number of hydrogen-bond donors (Lipinski definition) is 1. The molecule has 0 amide bonds. The second-order valence-corrected chi connectivity index (χ2v) is 7.29. The summed E-state index contributed by atoms with van der Waals surface area (Å²) in [5, 5.41) is 13.4. The third-order valence-corrected chi connectivity index (χ3v) is 6.19. The Hall–Kier alpha value is -1.95. The van der Waals surface area contributed by atoms with Gasteiger partial charge in [0.25, 0.3) is 0 Å². The van der Waals surface area contributed by atoms with Gasteiger partial charge >= 0.3 is 0 Å². The molecule has 22 heavy (non-hydrogen) atoms. The molecule has 110 valence electrons. The van der Waals surface area contributed by atoms with Gasteiger partial charge in [-0.25, -0.2) is 0 Å². The van der Waals surface area contributed by atoms with Crippen LogP contribution in [0.2, 0.25) is 0 Å². The molecule has 3 aromatic rings. The van der Waals surface area contributed by atoms with Crippen molar-refractivity contribution in [3.63, 3.8) is 0 Å². The van der Waals surface area contributed by atoms with Crippen LogP contribution < -0.4 is 15.9 Å². The van der Waals surface area contributed by atoms with Gasteiger partial charge in [0.1, 0.15) is 0 Å². The van der Waals surface area contributed by atoms with E-state index in [1.807, 2.05) is 0 Å². The number of aliphatic hydroxyl groups is 1. The maximum absolute atomic E-state index is 9.37. The van der Waals surface area contributed by atoms with Crippen molar-refractivity contribution in [1.29, 1.82) is 0 Å². The highest BCUT2D eigenvalue weighted by Gasteiger charge is 2.18. The van der Waals surface area contributed by atoms with E-state index < -0.39 is 7.92 Å². The minimum atomic E-state index is -0.589. The van der Waals surface area contributed by atoms with Crippen LogP contribution in [0, 0.1) is 0 Å². The smallest absolute Gasteiger partial charge is 0.0471 e. The molecule has 0 aliphatic heterocycles. The van der Waals surface area contributed by atoms with E-state index in [0.717, 1.165) is 0 Å². The molecule has 0 fully saturated rings. The summed E-state index contributed by atoms with van der Waals surface area (Å²) < 4.78 is 0. The predicted octanol–water partition coefficient (Wildman–Crippen LogP) is 2.98. The molecule has 0 aliphatic rings. The van der Waals surface area contributed by atoms with Crippen LogP contribution in [0.15, 0.2) is 84.9 Å². The normalized spacial score (nSPS) is 10.8. The summed E-state index contributed by atoms with van der Waals surface area (Å²) in [6, 6.07) is 29.8. The molecule has 0 aromatic heterocycles. The van der Waals surface area contributed by atoms with E-state index in [1.54, 1.807) is 0 Å². The van der Waals surface area contributed by atoms with Crippen LogP contribution in [-0.4, -0.2) is 11.7 Å². The topological polar surface area (TPSA) is 20.2 Å². The van der Waals surface area contributed by atoms with E-state index in [9.17, 15) is 5.11 Å². The third-order valence-electron chi connectivity index (χ3n) is 3.64. The predicted molar refractivity (Wildman–Crippen MR) is 95.9 cm³/mol. The Labute approximate surface area is 133 Å². The van der Waals surface area contributed by atoms with Crippen molar-refractivity contribution in [2.75, 3.05) is 6.61 Å². The van der Waals surface area contributed by atoms with Gasteiger partial charge in [0.2, 0.25) is 0 Å². The van der Waals surface area contributed by atoms with Gasteiger partial charge in [-0.15, -0.1) is 0 Å². The zero-order valence-corrected chi connectivity index (χ0v) is 13.3. The summed E-state index contributed by atoms with van der Waals surface area (Å²) in [7, 11) is -0.589. The van der Waals surface area contributed by atoms with Crippen LogP contribution in [0.1, 0.15) is 5.56 Å². The lowest BCUT2D eigenvalue weighted by molar-refractivity contribution is 0.300. The first kappa shape index (κ1) is 15.0. The van der Waals surface area contributed by atoms with Gasteiger partial charge in [-0.05, 0) is 35.8 Å².